The van der Waals surface area contributed by atoms with Crippen molar-refractivity contribution < 1.29 is 4.79 Å². The molecule has 0 unspecified atom stereocenters. The first kappa shape index (κ1) is 14.6. The molecule has 1 aromatic heterocycles. The van der Waals surface area contributed by atoms with Crippen molar-refractivity contribution in [1.29, 1.82) is 0 Å². The second kappa shape index (κ2) is 7.12. The molecule has 0 bridgehead atoms. The predicted octanol–water partition coefficient (Wildman–Crippen LogP) is 1.96. The van der Waals surface area contributed by atoms with E-state index in [1.165, 1.54) is 0 Å². The molecule has 0 aromatic carbocycles. The summed E-state index contributed by atoms with van der Waals surface area (Å²) in [6, 6.07) is 5.86. The zero-order chi connectivity index (χ0) is 14.4. The average molecular weight is 276 g/mol. The van der Waals surface area contributed by atoms with Crippen LogP contribution in [0.15, 0.2) is 18.2 Å². The number of rotatable bonds is 6. The minimum absolute atomic E-state index is 0.193. The van der Waals surface area contributed by atoms with Crippen LogP contribution in [-0.2, 0) is 4.79 Å². The van der Waals surface area contributed by atoms with E-state index in [2.05, 4.69) is 17.2 Å². The smallest absolute Gasteiger partial charge is 0.242 e. The molecule has 1 aliphatic heterocycles. The van der Waals surface area contributed by atoms with Crippen molar-refractivity contribution in [2.75, 3.05) is 43.4 Å². The second-order valence-electron chi connectivity index (χ2n) is 5.25. The summed E-state index contributed by atoms with van der Waals surface area (Å²) in [5.74, 6) is 1.89. The lowest BCUT2D eigenvalue weighted by Crippen LogP contribution is -2.37. The Morgan fingerprint density at radius 3 is 2.85 bits per heavy atom. The predicted molar refractivity (Wildman–Crippen MR) is 82.1 cm³/mol. The number of nitrogens with one attached hydrogen (secondary N) is 1. The molecule has 2 heterocycles. The van der Waals surface area contributed by atoms with Gasteiger partial charge in [-0.3, -0.25) is 4.79 Å². The summed E-state index contributed by atoms with van der Waals surface area (Å²) in [6.45, 7) is 5.23. The molecular formula is C15H24N4O. The van der Waals surface area contributed by atoms with Crippen LogP contribution in [0.3, 0.4) is 0 Å². The van der Waals surface area contributed by atoms with Gasteiger partial charge in [0.05, 0.1) is 6.54 Å². The number of anilines is 2. The van der Waals surface area contributed by atoms with E-state index in [1.54, 1.807) is 0 Å². The first-order valence-corrected chi connectivity index (χ1v) is 7.40. The van der Waals surface area contributed by atoms with E-state index >= 15 is 0 Å². The molecule has 1 saturated heterocycles. The molecule has 110 valence electrons. The molecule has 1 aliphatic rings. The van der Waals surface area contributed by atoms with E-state index in [9.17, 15) is 4.79 Å². The topological polar surface area (TPSA) is 48.5 Å². The SMILES string of the molecule is CCCNc1cccc(N(C)CC(=O)N2CCCC2)n1. The molecule has 0 radical (unpaired) electrons. The summed E-state index contributed by atoms with van der Waals surface area (Å²) in [7, 11) is 1.92. The van der Waals surface area contributed by atoms with Crippen LogP contribution in [0.2, 0.25) is 0 Å². The van der Waals surface area contributed by atoms with E-state index in [4.69, 9.17) is 0 Å². The monoisotopic (exact) mass is 276 g/mol. The Morgan fingerprint density at radius 1 is 1.40 bits per heavy atom. The Morgan fingerprint density at radius 2 is 2.15 bits per heavy atom. The highest BCUT2D eigenvalue weighted by atomic mass is 16.2. The van der Waals surface area contributed by atoms with Gasteiger partial charge in [0.15, 0.2) is 0 Å². The number of carbonyl (C=O) groups excluding carboxylic acids is 1. The van der Waals surface area contributed by atoms with Crippen LogP contribution < -0.4 is 10.2 Å². The van der Waals surface area contributed by atoms with Gasteiger partial charge in [-0.2, -0.15) is 0 Å². The maximum atomic E-state index is 12.1. The number of hydrogen-bond donors (Lipinski definition) is 1. The number of carbonyl (C=O) groups is 1. The van der Waals surface area contributed by atoms with Crippen LogP contribution in [0, 0.1) is 0 Å². The standard InChI is InChI=1S/C15H24N4O/c1-3-9-16-13-7-6-8-14(17-13)18(2)12-15(20)19-10-4-5-11-19/h6-8H,3-5,9-12H2,1-2H3,(H,16,17). The Hall–Kier alpha value is -1.78. The molecule has 1 amide bonds. The lowest BCUT2D eigenvalue weighted by Gasteiger charge is -2.22. The number of likely N-dealkylation sites (N-methyl/N-ethyl adjacent to an activating group) is 1. The number of amides is 1. The summed E-state index contributed by atoms with van der Waals surface area (Å²) in [6.07, 6.45) is 3.32. The van der Waals surface area contributed by atoms with Crippen molar-refractivity contribution in [1.82, 2.24) is 9.88 Å². The van der Waals surface area contributed by atoms with Gasteiger partial charge in [0.25, 0.3) is 0 Å². The summed E-state index contributed by atoms with van der Waals surface area (Å²) in [5.41, 5.74) is 0. The fraction of sp³-hybridized carbons (Fsp3) is 0.600. The van der Waals surface area contributed by atoms with Crippen molar-refractivity contribution in [3.05, 3.63) is 18.2 Å². The average Bonchev–Trinajstić information content (AvgIpc) is 2.99. The molecule has 0 atom stereocenters. The largest absolute Gasteiger partial charge is 0.370 e. The first-order valence-electron chi connectivity index (χ1n) is 7.40. The minimum atomic E-state index is 0.193. The van der Waals surface area contributed by atoms with Gasteiger partial charge in [-0.15, -0.1) is 0 Å². The first-order chi connectivity index (χ1) is 9.70. The molecule has 1 aromatic rings. The van der Waals surface area contributed by atoms with Gasteiger partial charge in [0, 0.05) is 26.7 Å². The number of pyridine rings is 1. The van der Waals surface area contributed by atoms with Crippen LogP contribution >= 0.6 is 0 Å². The molecule has 1 N–H and O–H groups in total. The summed E-state index contributed by atoms with van der Waals surface area (Å²) >= 11 is 0. The Kier molecular flexibility index (Phi) is 5.21. The van der Waals surface area contributed by atoms with Crippen LogP contribution in [0.4, 0.5) is 11.6 Å². The van der Waals surface area contributed by atoms with Crippen LogP contribution in [0.5, 0.6) is 0 Å². The minimum Gasteiger partial charge on any atom is -0.370 e. The number of hydrogen-bond acceptors (Lipinski definition) is 4. The van der Waals surface area contributed by atoms with Gasteiger partial charge < -0.3 is 15.1 Å². The molecule has 1 fully saturated rings. The van der Waals surface area contributed by atoms with E-state index < -0.39 is 0 Å². The third-order valence-electron chi connectivity index (χ3n) is 3.51. The quantitative estimate of drug-likeness (QED) is 0.863. The fourth-order valence-corrected chi connectivity index (χ4v) is 2.34. The van der Waals surface area contributed by atoms with Crippen LogP contribution in [-0.4, -0.2) is 49.0 Å². The molecule has 5 heteroatoms. The maximum Gasteiger partial charge on any atom is 0.242 e. The van der Waals surface area contributed by atoms with Crippen molar-refractivity contribution in [2.45, 2.75) is 26.2 Å². The van der Waals surface area contributed by atoms with Gasteiger partial charge in [0.1, 0.15) is 11.6 Å². The van der Waals surface area contributed by atoms with Crippen LogP contribution in [0.1, 0.15) is 26.2 Å². The van der Waals surface area contributed by atoms with E-state index in [0.717, 1.165) is 50.5 Å². The highest BCUT2D eigenvalue weighted by Gasteiger charge is 2.19. The Bertz CT molecular complexity index is 443. The zero-order valence-corrected chi connectivity index (χ0v) is 12.4. The van der Waals surface area contributed by atoms with Crippen molar-refractivity contribution in [2.24, 2.45) is 0 Å². The molecular weight excluding hydrogens is 252 g/mol. The van der Waals surface area contributed by atoms with Gasteiger partial charge in [-0.1, -0.05) is 13.0 Å². The van der Waals surface area contributed by atoms with Crippen LogP contribution in [0.25, 0.3) is 0 Å². The third kappa shape index (κ3) is 3.85. The Labute approximate surface area is 121 Å². The van der Waals surface area contributed by atoms with E-state index in [-0.39, 0.29) is 5.91 Å². The van der Waals surface area contributed by atoms with Gasteiger partial charge >= 0.3 is 0 Å². The van der Waals surface area contributed by atoms with Gasteiger partial charge in [0.2, 0.25) is 5.91 Å². The highest BCUT2D eigenvalue weighted by molar-refractivity contribution is 5.81. The van der Waals surface area contributed by atoms with Crippen molar-refractivity contribution >= 4 is 17.5 Å². The second-order valence-corrected chi connectivity index (χ2v) is 5.25. The fourth-order valence-electron chi connectivity index (χ4n) is 2.34. The molecule has 20 heavy (non-hydrogen) atoms. The summed E-state index contributed by atoms with van der Waals surface area (Å²) in [4.78, 5) is 20.5. The highest BCUT2D eigenvalue weighted by Crippen LogP contribution is 2.14. The lowest BCUT2D eigenvalue weighted by molar-refractivity contribution is -0.128. The van der Waals surface area contributed by atoms with Gasteiger partial charge in [-0.05, 0) is 31.4 Å². The molecule has 0 spiro atoms. The normalized spacial score (nSPS) is 14.4. The van der Waals surface area contributed by atoms with Gasteiger partial charge in [-0.25, -0.2) is 4.98 Å². The molecule has 5 nitrogen and oxygen atoms in total. The molecule has 0 saturated carbocycles. The van der Waals surface area contributed by atoms with Crippen molar-refractivity contribution in [3.63, 3.8) is 0 Å². The summed E-state index contributed by atoms with van der Waals surface area (Å²) < 4.78 is 0. The Balaban J connectivity index is 1.93. The lowest BCUT2D eigenvalue weighted by atomic mass is 10.4. The van der Waals surface area contributed by atoms with Crippen molar-refractivity contribution in [3.8, 4) is 0 Å². The number of nitrogens with zero attached hydrogens (tertiary/aromatic N) is 3. The summed E-state index contributed by atoms with van der Waals surface area (Å²) in [5, 5.41) is 3.26. The third-order valence-corrected chi connectivity index (χ3v) is 3.51. The maximum absolute atomic E-state index is 12.1. The molecule has 2 rings (SSSR count). The van der Waals surface area contributed by atoms with E-state index in [0.29, 0.717) is 6.54 Å². The zero-order valence-electron chi connectivity index (χ0n) is 12.4. The number of aromatic nitrogens is 1. The molecule has 0 aliphatic carbocycles. The van der Waals surface area contributed by atoms with E-state index in [1.807, 2.05) is 35.0 Å². The number of likely N-dealkylation sites (tertiary alicyclic amines) is 1.